The summed E-state index contributed by atoms with van der Waals surface area (Å²) in [5.41, 5.74) is 3.88. The van der Waals surface area contributed by atoms with Gasteiger partial charge in [-0.1, -0.05) is 35.5 Å². The average molecular weight is 521 g/mol. The summed E-state index contributed by atoms with van der Waals surface area (Å²) in [6.07, 6.45) is 3.45. The van der Waals surface area contributed by atoms with E-state index in [0.717, 1.165) is 34.1 Å². The standard InChI is InChI=1S/C30H28N6O3/c1-21-14-23(17-27(15-21)38-2)33-29-28(12-7-13-31-29)30(37)32-18-24-20-36(35-34-24)19-22-8-6-11-26(16-22)39-25-9-4-3-5-10-25/h3-17,20H,18-19H2,1-2H3,(H,31,33)(H,32,37). The van der Waals surface area contributed by atoms with Crippen LogP contribution in [0.25, 0.3) is 0 Å². The molecule has 0 radical (unpaired) electrons. The minimum atomic E-state index is -0.273. The maximum absolute atomic E-state index is 13.0. The van der Waals surface area contributed by atoms with E-state index in [1.54, 1.807) is 30.1 Å². The fourth-order valence-corrected chi connectivity index (χ4v) is 4.04. The van der Waals surface area contributed by atoms with Crippen LogP contribution < -0.4 is 20.1 Å². The predicted octanol–water partition coefficient (Wildman–Crippen LogP) is 5.50. The fraction of sp³-hybridized carbons (Fsp3) is 0.133. The third-order valence-corrected chi connectivity index (χ3v) is 5.84. The molecule has 2 aromatic heterocycles. The molecule has 0 atom stereocenters. The van der Waals surface area contributed by atoms with Crippen LogP contribution in [0, 0.1) is 6.92 Å². The Hall–Kier alpha value is -5.18. The van der Waals surface area contributed by atoms with Crippen LogP contribution in [0.2, 0.25) is 0 Å². The second kappa shape index (κ2) is 11.9. The van der Waals surface area contributed by atoms with Crippen LogP contribution in [0.5, 0.6) is 17.2 Å². The van der Waals surface area contributed by atoms with E-state index >= 15 is 0 Å². The summed E-state index contributed by atoms with van der Waals surface area (Å²) in [7, 11) is 1.62. The van der Waals surface area contributed by atoms with Crippen molar-refractivity contribution in [2.45, 2.75) is 20.0 Å². The Balaban J connectivity index is 1.20. The Morgan fingerprint density at radius 3 is 2.62 bits per heavy atom. The van der Waals surface area contributed by atoms with E-state index in [0.29, 0.717) is 23.6 Å². The van der Waals surface area contributed by atoms with Crippen molar-refractivity contribution in [1.82, 2.24) is 25.3 Å². The van der Waals surface area contributed by atoms with Crippen LogP contribution in [-0.4, -0.2) is 33.0 Å². The van der Waals surface area contributed by atoms with Crippen molar-refractivity contribution in [1.29, 1.82) is 0 Å². The average Bonchev–Trinajstić information content (AvgIpc) is 3.39. The molecule has 39 heavy (non-hydrogen) atoms. The van der Waals surface area contributed by atoms with E-state index in [4.69, 9.17) is 9.47 Å². The number of para-hydroxylation sites is 1. The van der Waals surface area contributed by atoms with Crippen LogP contribution in [0.3, 0.4) is 0 Å². The molecular weight excluding hydrogens is 492 g/mol. The minimum Gasteiger partial charge on any atom is -0.497 e. The topological polar surface area (TPSA) is 103 Å². The van der Waals surface area contributed by atoms with Crippen LogP contribution in [-0.2, 0) is 13.1 Å². The number of hydrogen-bond donors (Lipinski definition) is 2. The molecule has 196 valence electrons. The van der Waals surface area contributed by atoms with E-state index in [1.165, 1.54) is 0 Å². The van der Waals surface area contributed by atoms with Gasteiger partial charge in [0.1, 0.15) is 28.8 Å². The van der Waals surface area contributed by atoms with E-state index in [1.807, 2.05) is 85.9 Å². The number of nitrogens with zero attached hydrogens (tertiary/aromatic N) is 4. The van der Waals surface area contributed by atoms with Crippen molar-refractivity contribution < 1.29 is 14.3 Å². The Morgan fingerprint density at radius 1 is 0.923 bits per heavy atom. The number of aryl methyl sites for hydroxylation is 1. The second-order valence-corrected chi connectivity index (χ2v) is 8.92. The van der Waals surface area contributed by atoms with Crippen molar-refractivity contribution in [2.75, 3.05) is 12.4 Å². The first-order chi connectivity index (χ1) is 19.1. The summed E-state index contributed by atoms with van der Waals surface area (Å²) in [6.45, 7) is 2.72. The van der Waals surface area contributed by atoms with Gasteiger partial charge in [-0.2, -0.15) is 0 Å². The number of methoxy groups -OCH3 is 1. The first kappa shape index (κ1) is 25.5. The molecule has 3 aromatic carbocycles. The molecular formula is C30H28N6O3. The molecule has 0 fully saturated rings. The molecule has 5 aromatic rings. The highest BCUT2D eigenvalue weighted by atomic mass is 16.5. The Kier molecular flexibility index (Phi) is 7.78. The first-order valence-electron chi connectivity index (χ1n) is 12.4. The normalized spacial score (nSPS) is 10.6. The van der Waals surface area contributed by atoms with Gasteiger partial charge in [0.25, 0.3) is 5.91 Å². The highest BCUT2D eigenvalue weighted by molar-refractivity contribution is 5.99. The Labute approximate surface area is 226 Å². The number of anilines is 2. The largest absolute Gasteiger partial charge is 0.497 e. The number of hydrogen-bond acceptors (Lipinski definition) is 7. The summed E-state index contributed by atoms with van der Waals surface area (Å²) >= 11 is 0. The van der Waals surface area contributed by atoms with Gasteiger partial charge in [-0.15, -0.1) is 5.10 Å². The highest BCUT2D eigenvalue weighted by Gasteiger charge is 2.14. The molecule has 1 amide bonds. The van der Waals surface area contributed by atoms with Crippen molar-refractivity contribution in [3.05, 3.63) is 120 Å². The molecule has 0 aliphatic carbocycles. The molecule has 2 N–H and O–H groups in total. The number of nitrogens with one attached hydrogen (secondary N) is 2. The predicted molar refractivity (Wildman–Crippen MR) is 149 cm³/mol. The fourth-order valence-electron chi connectivity index (χ4n) is 4.04. The maximum atomic E-state index is 13.0. The zero-order valence-corrected chi connectivity index (χ0v) is 21.7. The lowest BCUT2D eigenvalue weighted by Gasteiger charge is -2.12. The maximum Gasteiger partial charge on any atom is 0.255 e. The quantitative estimate of drug-likeness (QED) is 0.250. The number of ether oxygens (including phenoxy) is 2. The Morgan fingerprint density at radius 2 is 1.77 bits per heavy atom. The highest BCUT2D eigenvalue weighted by Crippen LogP contribution is 2.25. The third-order valence-electron chi connectivity index (χ3n) is 5.84. The summed E-state index contributed by atoms with van der Waals surface area (Å²) in [6, 6.07) is 26.7. The molecule has 9 nitrogen and oxygen atoms in total. The monoisotopic (exact) mass is 520 g/mol. The smallest absolute Gasteiger partial charge is 0.255 e. The van der Waals surface area contributed by atoms with Crippen LogP contribution in [0.1, 0.15) is 27.2 Å². The SMILES string of the molecule is COc1cc(C)cc(Nc2ncccc2C(=O)NCc2cn(Cc3cccc(Oc4ccccc4)c3)nn2)c1. The molecule has 9 heteroatoms. The molecule has 5 rings (SSSR count). The van der Waals surface area contributed by atoms with Gasteiger partial charge in [0.15, 0.2) is 0 Å². The van der Waals surface area contributed by atoms with Gasteiger partial charge in [0, 0.05) is 18.0 Å². The molecule has 0 bridgehead atoms. The molecule has 0 aliphatic rings. The number of amides is 1. The van der Waals surface area contributed by atoms with Crippen molar-refractivity contribution in [3.63, 3.8) is 0 Å². The molecule has 0 aliphatic heterocycles. The van der Waals surface area contributed by atoms with Gasteiger partial charge in [-0.25, -0.2) is 9.67 Å². The lowest BCUT2D eigenvalue weighted by molar-refractivity contribution is 0.0951. The van der Waals surface area contributed by atoms with Gasteiger partial charge < -0.3 is 20.1 Å². The van der Waals surface area contributed by atoms with Crippen molar-refractivity contribution in [3.8, 4) is 17.2 Å². The summed E-state index contributed by atoms with van der Waals surface area (Å²) in [4.78, 5) is 17.4. The van der Waals surface area contributed by atoms with E-state index in [2.05, 4.69) is 25.9 Å². The van der Waals surface area contributed by atoms with Gasteiger partial charge in [-0.3, -0.25) is 4.79 Å². The number of rotatable bonds is 10. The number of carbonyl (C=O) groups excluding carboxylic acids is 1. The molecule has 0 saturated heterocycles. The Bertz CT molecular complexity index is 1570. The van der Waals surface area contributed by atoms with Gasteiger partial charge in [0.2, 0.25) is 0 Å². The number of benzene rings is 3. The molecule has 2 heterocycles. The van der Waals surface area contributed by atoms with Gasteiger partial charge in [-0.05, 0) is 66.6 Å². The molecule has 0 spiro atoms. The van der Waals surface area contributed by atoms with E-state index in [9.17, 15) is 4.79 Å². The minimum absolute atomic E-state index is 0.225. The summed E-state index contributed by atoms with van der Waals surface area (Å²) in [5.74, 6) is 2.42. The molecule has 0 unspecified atom stereocenters. The van der Waals surface area contributed by atoms with Gasteiger partial charge >= 0.3 is 0 Å². The third kappa shape index (κ3) is 6.78. The van der Waals surface area contributed by atoms with Crippen molar-refractivity contribution >= 4 is 17.4 Å². The first-order valence-corrected chi connectivity index (χ1v) is 12.4. The molecule has 0 saturated carbocycles. The number of carbonyl (C=O) groups is 1. The van der Waals surface area contributed by atoms with Crippen LogP contribution in [0.15, 0.2) is 97.3 Å². The van der Waals surface area contributed by atoms with E-state index in [-0.39, 0.29) is 12.5 Å². The zero-order valence-electron chi connectivity index (χ0n) is 21.7. The second-order valence-electron chi connectivity index (χ2n) is 8.92. The van der Waals surface area contributed by atoms with Crippen LogP contribution in [0.4, 0.5) is 11.5 Å². The van der Waals surface area contributed by atoms with Crippen LogP contribution >= 0.6 is 0 Å². The summed E-state index contributed by atoms with van der Waals surface area (Å²) < 4.78 is 13.0. The lowest BCUT2D eigenvalue weighted by atomic mass is 10.2. The summed E-state index contributed by atoms with van der Waals surface area (Å²) in [5, 5.41) is 14.6. The van der Waals surface area contributed by atoms with Gasteiger partial charge in [0.05, 0.1) is 32.0 Å². The number of pyridine rings is 1. The zero-order chi connectivity index (χ0) is 27.0. The van der Waals surface area contributed by atoms with E-state index < -0.39 is 0 Å². The van der Waals surface area contributed by atoms with Crippen molar-refractivity contribution in [2.24, 2.45) is 0 Å². The number of aromatic nitrogens is 4. The lowest BCUT2D eigenvalue weighted by Crippen LogP contribution is -2.24.